The highest BCUT2D eigenvalue weighted by Gasteiger charge is 2.61. The summed E-state index contributed by atoms with van der Waals surface area (Å²) in [5.41, 5.74) is 6.17. The zero-order valence-electron chi connectivity index (χ0n) is 24.0. The van der Waals surface area contributed by atoms with E-state index in [4.69, 9.17) is 15.6 Å². The van der Waals surface area contributed by atoms with E-state index >= 15 is 0 Å². The lowest BCUT2D eigenvalue weighted by atomic mass is 9.44. The molecule has 38 heavy (non-hydrogen) atoms. The SMILES string of the molecule is CC(=O)[C@H]1CC[C@H]2[C@@H]3CC[C@H]4C[C@H](OC(=O)[C@@H](CC(=O)[C@@H](N)CC(=O)O)C(C)C)CC[C@]4(C)[C@H]3CC[C@]12C. The predicted molar refractivity (Wildman–Crippen MR) is 144 cm³/mol. The summed E-state index contributed by atoms with van der Waals surface area (Å²) in [5.74, 6) is 0.566. The Kier molecular flexibility index (Phi) is 8.47. The highest BCUT2D eigenvalue weighted by Crippen LogP contribution is 2.67. The number of fused-ring (bicyclic) bond motifs is 5. The van der Waals surface area contributed by atoms with Gasteiger partial charge in [0.05, 0.1) is 18.4 Å². The van der Waals surface area contributed by atoms with E-state index in [0.29, 0.717) is 29.5 Å². The summed E-state index contributed by atoms with van der Waals surface area (Å²) < 4.78 is 6.05. The number of nitrogens with two attached hydrogens (primary N) is 1. The number of aliphatic carboxylic acids is 1. The zero-order valence-corrected chi connectivity index (χ0v) is 24.0. The number of carbonyl (C=O) groups is 4. The van der Waals surface area contributed by atoms with Crippen LogP contribution in [0.25, 0.3) is 0 Å². The molecule has 0 heterocycles. The van der Waals surface area contributed by atoms with Crippen molar-refractivity contribution in [3.63, 3.8) is 0 Å². The molecule has 10 atom stereocenters. The fourth-order valence-electron chi connectivity index (χ4n) is 9.51. The Morgan fingerprint density at radius 1 is 0.921 bits per heavy atom. The number of rotatable bonds is 9. The molecular formula is C31H49NO6. The van der Waals surface area contributed by atoms with Crippen LogP contribution in [-0.4, -0.2) is 40.8 Å². The van der Waals surface area contributed by atoms with Gasteiger partial charge in [-0.15, -0.1) is 0 Å². The smallest absolute Gasteiger partial charge is 0.309 e. The number of ketones is 2. The minimum absolute atomic E-state index is 0.0794. The first-order valence-electron chi connectivity index (χ1n) is 15.0. The second-order valence-electron chi connectivity index (χ2n) is 14.0. The topological polar surface area (TPSA) is 124 Å². The van der Waals surface area contributed by atoms with Gasteiger partial charge in [0.15, 0.2) is 5.78 Å². The molecule has 0 aromatic carbocycles. The number of carboxylic acid groups (broad SMARTS) is 1. The van der Waals surface area contributed by atoms with Crippen molar-refractivity contribution in [2.24, 2.45) is 58.0 Å². The number of Topliss-reactive ketones (excluding diaryl/α,β-unsaturated/α-hetero) is 2. The maximum atomic E-state index is 13.2. The van der Waals surface area contributed by atoms with Crippen LogP contribution in [0.2, 0.25) is 0 Å². The van der Waals surface area contributed by atoms with Crippen LogP contribution in [0.5, 0.6) is 0 Å². The third-order valence-corrected chi connectivity index (χ3v) is 11.7. The number of hydrogen-bond donors (Lipinski definition) is 2. The molecule has 4 aliphatic rings. The summed E-state index contributed by atoms with van der Waals surface area (Å²) in [6, 6.07) is -1.10. The van der Waals surface area contributed by atoms with Crippen LogP contribution in [0.3, 0.4) is 0 Å². The Labute approximate surface area is 228 Å². The van der Waals surface area contributed by atoms with Crippen molar-refractivity contribution in [3.05, 3.63) is 0 Å². The van der Waals surface area contributed by atoms with E-state index in [1.165, 1.54) is 19.3 Å². The summed E-state index contributed by atoms with van der Waals surface area (Å²) in [6.07, 6.45) is 9.08. The fourth-order valence-corrected chi connectivity index (χ4v) is 9.51. The van der Waals surface area contributed by atoms with Gasteiger partial charge in [-0.05, 0) is 105 Å². The van der Waals surface area contributed by atoms with Crippen molar-refractivity contribution in [2.75, 3.05) is 0 Å². The molecule has 0 radical (unpaired) electrons. The molecule has 4 fully saturated rings. The zero-order chi connectivity index (χ0) is 28.0. The molecule has 7 heteroatoms. The van der Waals surface area contributed by atoms with Gasteiger partial charge in [0.25, 0.3) is 0 Å². The molecule has 0 aliphatic heterocycles. The van der Waals surface area contributed by atoms with Crippen LogP contribution in [0.1, 0.15) is 105 Å². The molecule has 0 aromatic heterocycles. The molecule has 7 nitrogen and oxygen atoms in total. The number of ether oxygens (including phenoxy) is 1. The number of carbonyl (C=O) groups excluding carboxylic acids is 3. The van der Waals surface area contributed by atoms with Gasteiger partial charge in [-0.1, -0.05) is 27.7 Å². The molecule has 0 bridgehead atoms. The summed E-state index contributed by atoms with van der Waals surface area (Å²) in [7, 11) is 0. The van der Waals surface area contributed by atoms with Crippen molar-refractivity contribution >= 4 is 23.5 Å². The van der Waals surface area contributed by atoms with Crippen molar-refractivity contribution in [1.29, 1.82) is 0 Å². The van der Waals surface area contributed by atoms with Crippen LogP contribution in [0, 0.1) is 52.3 Å². The molecule has 0 saturated heterocycles. The van der Waals surface area contributed by atoms with E-state index in [1.807, 2.05) is 13.8 Å². The molecule has 214 valence electrons. The third-order valence-electron chi connectivity index (χ3n) is 11.7. The van der Waals surface area contributed by atoms with E-state index in [9.17, 15) is 19.2 Å². The molecular weight excluding hydrogens is 482 g/mol. The third kappa shape index (κ3) is 5.33. The Hall–Kier alpha value is -1.76. The van der Waals surface area contributed by atoms with Crippen LogP contribution in [-0.2, 0) is 23.9 Å². The first kappa shape index (κ1) is 29.2. The summed E-state index contributed by atoms with van der Waals surface area (Å²) in [4.78, 5) is 49.0. The fraction of sp³-hybridized carbons (Fsp3) is 0.871. The maximum Gasteiger partial charge on any atom is 0.309 e. The van der Waals surface area contributed by atoms with E-state index in [-0.39, 0.29) is 41.2 Å². The van der Waals surface area contributed by atoms with Gasteiger partial charge in [-0.2, -0.15) is 0 Å². The molecule has 0 unspecified atom stereocenters. The molecule has 4 saturated carbocycles. The summed E-state index contributed by atoms with van der Waals surface area (Å²) in [5, 5.41) is 8.94. The lowest BCUT2D eigenvalue weighted by Crippen LogP contribution is -2.54. The molecule has 4 aliphatic carbocycles. The van der Waals surface area contributed by atoms with Crippen LogP contribution >= 0.6 is 0 Å². The van der Waals surface area contributed by atoms with E-state index < -0.39 is 30.1 Å². The molecule has 0 spiro atoms. The largest absolute Gasteiger partial charge is 0.481 e. The van der Waals surface area contributed by atoms with Crippen molar-refractivity contribution < 1.29 is 29.0 Å². The highest BCUT2D eigenvalue weighted by atomic mass is 16.5. The second kappa shape index (κ2) is 11.0. The average Bonchev–Trinajstić information content (AvgIpc) is 3.19. The minimum atomic E-state index is -1.12. The van der Waals surface area contributed by atoms with E-state index in [2.05, 4.69) is 13.8 Å². The highest BCUT2D eigenvalue weighted by molar-refractivity contribution is 5.90. The Balaban J connectivity index is 1.38. The van der Waals surface area contributed by atoms with Gasteiger partial charge in [0.2, 0.25) is 0 Å². The van der Waals surface area contributed by atoms with Crippen molar-refractivity contribution in [1.82, 2.24) is 0 Å². The summed E-state index contributed by atoms with van der Waals surface area (Å²) >= 11 is 0. The predicted octanol–water partition coefficient (Wildman–Crippen LogP) is 5.18. The Bertz CT molecular complexity index is 947. The van der Waals surface area contributed by atoms with Gasteiger partial charge in [0.1, 0.15) is 11.9 Å². The van der Waals surface area contributed by atoms with Gasteiger partial charge in [-0.25, -0.2) is 0 Å². The minimum Gasteiger partial charge on any atom is -0.481 e. The van der Waals surface area contributed by atoms with Crippen LogP contribution < -0.4 is 5.73 Å². The molecule has 0 amide bonds. The standard InChI is InChI=1S/C31H49NO6/c1-17(2)22(15-27(34)26(32)16-28(35)36)29(37)38-20-10-12-30(4)19(14-20)6-7-21-24-9-8-23(18(3)33)31(24,5)13-11-25(21)30/h17,19-26H,6-16,32H2,1-5H3,(H,35,36)/t19-,20+,21-,22-,23+,24-,25-,26-,30-,31+/m0/s1. The van der Waals surface area contributed by atoms with E-state index in [0.717, 1.165) is 38.5 Å². The van der Waals surface area contributed by atoms with Crippen LogP contribution in [0.4, 0.5) is 0 Å². The first-order valence-corrected chi connectivity index (χ1v) is 15.0. The molecule has 0 aromatic rings. The Morgan fingerprint density at radius 2 is 1.58 bits per heavy atom. The van der Waals surface area contributed by atoms with Gasteiger partial charge in [0, 0.05) is 12.3 Å². The Morgan fingerprint density at radius 3 is 2.21 bits per heavy atom. The first-order chi connectivity index (χ1) is 17.8. The van der Waals surface area contributed by atoms with Gasteiger partial charge >= 0.3 is 11.9 Å². The van der Waals surface area contributed by atoms with Crippen molar-refractivity contribution in [3.8, 4) is 0 Å². The monoisotopic (exact) mass is 531 g/mol. The van der Waals surface area contributed by atoms with E-state index in [1.54, 1.807) is 6.92 Å². The van der Waals surface area contributed by atoms with Gasteiger partial charge < -0.3 is 15.6 Å². The van der Waals surface area contributed by atoms with Crippen molar-refractivity contribution in [2.45, 2.75) is 117 Å². The molecule has 4 rings (SSSR count). The number of hydrogen-bond acceptors (Lipinski definition) is 6. The normalized spacial score (nSPS) is 39.9. The number of carboxylic acids is 1. The average molecular weight is 532 g/mol. The number of esters is 1. The van der Waals surface area contributed by atoms with Gasteiger partial charge in [-0.3, -0.25) is 19.2 Å². The molecule has 3 N–H and O–H groups in total. The quantitative estimate of drug-likeness (QED) is 0.393. The lowest BCUT2D eigenvalue weighted by molar-refractivity contribution is -0.169. The lowest BCUT2D eigenvalue weighted by Gasteiger charge is -2.61. The summed E-state index contributed by atoms with van der Waals surface area (Å²) in [6.45, 7) is 10.4. The second-order valence-corrected chi connectivity index (χ2v) is 14.0. The maximum absolute atomic E-state index is 13.2. The van der Waals surface area contributed by atoms with Crippen LogP contribution in [0.15, 0.2) is 0 Å².